The van der Waals surface area contributed by atoms with Gasteiger partial charge < -0.3 is 40.3 Å². The van der Waals surface area contributed by atoms with Gasteiger partial charge in [0.1, 0.15) is 24.4 Å². The quantitative estimate of drug-likeness (QED) is 0.0261. The maximum Gasteiger partial charge on any atom is 0.220 e. The van der Waals surface area contributed by atoms with Gasteiger partial charge in [0.25, 0.3) is 0 Å². The number of nitrogens with one attached hydrogen (secondary N) is 1. The maximum atomic E-state index is 13.1. The molecule has 0 aromatic heterocycles. The minimum Gasteiger partial charge on any atom is -0.394 e. The van der Waals surface area contributed by atoms with E-state index in [4.69, 9.17) is 9.47 Å². The summed E-state index contributed by atoms with van der Waals surface area (Å²) in [6.45, 7) is 3.75. The molecule has 9 nitrogen and oxygen atoms in total. The van der Waals surface area contributed by atoms with E-state index in [0.717, 1.165) is 64.2 Å². The number of aliphatic hydroxyl groups is 5. The van der Waals surface area contributed by atoms with E-state index >= 15 is 0 Å². The van der Waals surface area contributed by atoms with E-state index in [0.29, 0.717) is 12.8 Å². The van der Waals surface area contributed by atoms with Gasteiger partial charge in [-0.25, -0.2) is 0 Å². The molecule has 1 heterocycles. The summed E-state index contributed by atoms with van der Waals surface area (Å²) in [7, 11) is 0. The van der Waals surface area contributed by atoms with Crippen LogP contribution in [0.3, 0.4) is 0 Å². The van der Waals surface area contributed by atoms with Gasteiger partial charge in [0.15, 0.2) is 6.29 Å². The van der Waals surface area contributed by atoms with Gasteiger partial charge in [0, 0.05) is 6.42 Å². The van der Waals surface area contributed by atoms with Gasteiger partial charge in [-0.15, -0.1) is 0 Å². The molecular formula is C60H111NO8. The van der Waals surface area contributed by atoms with E-state index in [-0.39, 0.29) is 12.5 Å². The van der Waals surface area contributed by atoms with Crippen LogP contribution in [0.4, 0.5) is 0 Å². The summed E-state index contributed by atoms with van der Waals surface area (Å²) in [4.78, 5) is 13.1. The number of allylic oxidation sites excluding steroid dienone is 8. The molecule has 0 aliphatic carbocycles. The second-order valence-corrected chi connectivity index (χ2v) is 20.4. The van der Waals surface area contributed by atoms with Crippen molar-refractivity contribution in [3.8, 4) is 0 Å². The van der Waals surface area contributed by atoms with Gasteiger partial charge in [0.05, 0.1) is 25.4 Å². The van der Waals surface area contributed by atoms with Gasteiger partial charge in [-0.3, -0.25) is 4.79 Å². The standard InChI is InChI=1S/C60H111NO8/c1-3-5-7-9-11-13-15-17-19-20-21-22-23-24-25-26-27-28-29-30-31-32-33-34-36-38-40-42-44-46-48-50-56(64)61-53(52-68-60-59(67)58(66)57(65)55(51-62)69-60)54(63)49-47-45-43-41-39-37-35-18-16-14-12-10-8-6-4-2/h5,7,11,13,17,19,21-22,53-55,57-60,62-63,65-67H,3-4,6,8-10,12,14-16,18,20,23-52H2,1-2H3,(H,61,64)/b7-5-,13-11-,19-17-,22-21-. The molecule has 404 valence electrons. The topological polar surface area (TPSA) is 149 Å². The first-order valence-electron chi connectivity index (χ1n) is 29.3. The summed E-state index contributed by atoms with van der Waals surface area (Å²) in [6.07, 6.45) is 58.6. The molecule has 1 amide bonds. The van der Waals surface area contributed by atoms with Crippen LogP contribution in [0.5, 0.6) is 0 Å². The number of hydrogen-bond donors (Lipinski definition) is 6. The van der Waals surface area contributed by atoms with Gasteiger partial charge in [-0.05, 0) is 51.4 Å². The minimum absolute atomic E-state index is 0.136. The molecule has 0 bridgehead atoms. The summed E-state index contributed by atoms with van der Waals surface area (Å²) < 4.78 is 11.3. The molecule has 1 rings (SSSR count). The average molecular weight is 975 g/mol. The smallest absolute Gasteiger partial charge is 0.220 e. The van der Waals surface area contributed by atoms with Gasteiger partial charge in [0.2, 0.25) is 5.91 Å². The Morgan fingerprint density at radius 2 is 0.899 bits per heavy atom. The molecule has 7 unspecified atom stereocenters. The molecule has 1 aliphatic rings. The fraction of sp³-hybridized carbons (Fsp3) is 0.850. The molecule has 7 atom stereocenters. The number of rotatable bonds is 50. The minimum atomic E-state index is -1.55. The Bertz CT molecular complexity index is 1220. The maximum absolute atomic E-state index is 13.1. The van der Waals surface area contributed by atoms with Crippen molar-refractivity contribution in [3.05, 3.63) is 48.6 Å². The van der Waals surface area contributed by atoms with Crippen LogP contribution < -0.4 is 5.32 Å². The number of hydrogen-bond acceptors (Lipinski definition) is 8. The second kappa shape index (κ2) is 49.7. The fourth-order valence-corrected chi connectivity index (χ4v) is 9.33. The van der Waals surface area contributed by atoms with Crippen LogP contribution in [-0.2, 0) is 14.3 Å². The lowest BCUT2D eigenvalue weighted by Crippen LogP contribution is -2.60. The van der Waals surface area contributed by atoms with E-state index in [1.807, 2.05) is 0 Å². The van der Waals surface area contributed by atoms with Crippen LogP contribution in [0.1, 0.15) is 271 Å². The summed E-state index contributed by atoms with van der Waals surface area (Å²) in [5, 5.41) is 54.6. The lowest BCUT2D eigenvalue weighted by Gasteiger charge is -2.40. The Labute approximate surface area is 424 Å². The molecule has 69 heavy (non-hydrogen) atoms. The van der Waals surface area contributed by atoms with E-state index in [1.165, 1.54) is 180 Å². The molecule has 1 fully saturated rings. The molecule has 0 aromatic rings. The zero-order valence-electron chi connectivity index (χ0n) is 44.8. The van der Waals surface area contributed by atoms with Crippen LogP contribution in [0.25, 0.3) is 0 Å². The Kier molecular flexibility index (Phi) is 47.0. The van der Waals surface area contributed by atoms with Crippen molar-refractivity contribution >= 4 is 5.91 Å². The number of aliphatic hydroxyl groups excluding tert-OH is 5. The van der Waals surface area contributed by atoms with Gasteiger partial charge in [-0.2, -0.15) is 0 Å². The monoisotopic (exact) mass is 974 g/mol. The van der Waals surface area contributed by atoms with Crippen LogP contribution in [-0.4, -0.2) is 87.5 Å². The van der Waals surface area contributed by atoms with Crippen molar-refractivity contribution in [2.24, 2.45) is 0 Å². The second-order valence-electron chi connectivity index (χ2n) is 20.4. The zero-order chi connectivity index (χ0) is 50.1. The summed E-state index contributed by atoms with van der Waals surface area (Å²) in [5.74, 6) is -0.142. The molecule has 0 radical (unpaired) electrons. The Morgan fingerprint density at radius 1 is 0.507 bits per heavy atom. The molecule has 1 saturated heterocycles. The van der Waals surface area contributed by atoms with Gasteiger partial charge >= 0.3 is 0 Å². The Balaban J connectivity index is 2.13. The number of amides is 1. The SMILES string of the molecule is CC/C=C\C/C=C\C/C=C\C/C=C\CCCCCCCCCCCCCCCCCCCCC(=O)NC(COC1OC(CO)C(O)C(O)C1O)C(O)CCCCCCCCCCCCCCCCC. The molecule has 6 N–H and O–H groups in total. The summed E-state index contributed by atoms with van der Waals surface area (Å²) >= 11 is 0. The van der Waals surface area contributed by atoms with Crippen molar-refractivity contribution in [2.45, 2.75) is 314 Å². The number of ether oxygens (including phenoxy) is 2. The zero-order valence-corrected chi connectivity index (χ0v) is 44.8. The highest BCUT2D eigenvalue weighted by Crippen LogP contribution is 2.23. The molecule has 0 saturated carbocycles. The largest absolute Gasteiger partial charge is 0.394 e. The van der Waals surface area contributed by atoms with Crippen molar-refractivity contribution in [2.75, 3.05) is 13.2 Å². The van der Waals surface area contributed by atoms with Crippen LogP contribution in [0.2, 0.25) is 0 Å². The lowest BCUT2D eigenvalue weighted by molar-refractivity contribution is -0.302. The van der Waals surface area contributed by atoms with E-state index in [2.05, 4.69) is 67.8 Å². The first-order chi connectivity index (χ1) is 33.8. The third-order valence-electron chi connectivity index (χ3n) is 13.9. The predicted molar refractivity (Wildman–Crippen MR) is 290 cm³/mol. The van der Waals surface area contributed by atoms with Crippen LogP contribution in [0, 0.1) is 0 Å². The lowest BCUT2D eigenvalue weighted by atomic mass is 9.99. The highest BCUT2D eigenvalue weighted by atomic mass is 16.7. The number of carbonyl (C=O) groups excluding carboxylic acids is 1. The first kappa shape index (κ1) is 65.2. The first-order valence-corrected chi connectivity index (χ1v) is 29.3. The van der Waals surface area contributed by atoms with E-state index < -0.39 is 49.5 Å². The highest BCUT2D eigenvalue weighted by Gasteiger charge is 2.44. The third-order valence-corrected chi connectivity index (χ3v) is 13.9. The van der Waals surface area contributed by atoms with Gasteiger partial charge in [-0.1, -0.05) is 262 Å². The van der Waals surface area contributed by atoms with Crippen LogP contribution in [0.15, 0.2) is 48.6 Å². The summed E-state index contributed by atoms with van der Waals surface area (Å²) in [6, 6.07) is -0.718. The normalized spacial score (nSPS) is 19.8. The summed E-state index contributed by atoms with van der Waals surface area (Å²) in [5.41, 5.74) is 0. The average Bonchev–Trinajstić information content (AvgIpc) is 3.35. The highest BCUT2D eigenvalue weighted by molar-refractivity contribution is 5.76. The molecule has 1 aliphatic heterocycles. The number of unbranched alkanes of at least 4 members (excludes halogenated alkanes) is 32. The Morgan fingerprint density at radius 3 is 1.33 bits per heavy atom. The molecule has 9 heteroatoms. The fourth-order valence-electron chi connectivity index (χ4n) is 9.33. The third kappa shape index (κ3) is 39.4. The van der Waals surface area contributed by atoms with E-state index in [1.54, 1.807) is 0 Å². The number of carbonyl (C=O) groups is 1. The van der Waals surface area contributed by atoms with Crippen molar-refractivity contribution < 1.29 is 39.8 Å². The van der Waals surface area contributed by atoms with Crippen molar-refractivity contribution in [1.82, 2.24) is 5.32 Å². The van der Waals surface area contributed by atoms with Crippen molar-refractivity contribution in [1.29, 1.82) is 0 Å². The molecule has 0 aromatic carbocycles. The van der Waals surface area contributed by atoms with Crippen LogP contribution >= 0.6 is 0 Å². The van der Waals surface area contributed by atoms with E-state index in [9.17, 15) is 30.3 Å². The molecule has 0 spiro atoms. The predicted octanol–water partition coefficient (Wildman–Crippen LogP) is 14.5. The van der Waals surface area contributed by atoms with Crippen molar-refractivity contribution in [3.63, 3.8) is 0 Å². The molecular weight excluding hydrogens is 863 g/mol. The Hall–Kier alpha value is -1.85.